The largest absolute Gasteiger partial charge is 0.481 e. The van der Waals surface area contributed by atoms with E-state index in [1.807, 2.05) is 6.92 Å². The van der Waals surface area contributed by atoms with Crippen LogP contribution in [0.4, 0.5) is 0 Å². The fraction of sp³-hybridized carbons (Fsp3) is 0.860. The number of carboxylic acids is 1. The molecule has 1 aromatic rings. The van der Waals surface area contributed by atoms with Crippen molar-refractivity contribution in [1.82, 2.24) is 15.3 Å². The lowest BCUT2D eigenvalue weighted by Crippen LogP contribution is -2.73. The van der Waals surface area contributed by atoms with Gasteiger partial charge in [0.25, 0.3) is 0 Å². The Morgan fingerprint density at radius 2 is 1.74 bits per heavy atom. The number of aromatic nitrogens is 2. The van der Waals surface area contributed by atoms with Gasteiger partial charge in [0.15, 0.2) is 6.29 Å². The minimum atomic E-state index is -1.60. The minimum Gasteiger partial charge on any atom is -0.481 e. The minimum absolute atomic E-state index is 0.0146. The van der Waals surface area contributed by atoms with Crippen LogP contribution in [0.15, 0.2) is 24.2 Å². The highest BCUT2D eigenvalue weighted by atomic mass is 16.7. The van der Waals surface area contributed by atoms with E-state index in [9.17, 15) is 45.3 Å². The Hall–Kier alpha value is -2.47. The molecule has 15 nitrogen and oxygen atoms in total. The SMILES string of the molecule is C[C@]1(CO)C[C@@H]2CCC[C@H]3C[C@]2(C(=O)O)[C@@H](C1)C1=CC[C@@H]2[C@]4(C)[C@H](CC[C@@]2(C)[C@@]13C)[C@](C)(CO)[C@H](O[C@@H]1OC[C@@H](O)[C@H](O)[C@H]1O)[C@H](O)[C@@H]4C[C@H]1CC(=O)N[C@@H]1[C@H](CCCN)c1cnc[nH]1. The number of nitrogens with zero attached hydrogens (tertiary/aromatic N) is 1. The third-order valence-corrected chi connectivity index (χ3v) is 21.0. The molecular weight excluding hydrogens is 833 g/mol. The van der Waals surface area contributed by atoms with Crippen LogP contribution in [-0.2, 0) is 19.1 Å². The summed E-state index contributed by atoms with van der Waals surface area (Å²) >= 11 is 0. The molecule has 5 saturated carbocycles. The number of nitrogens with one attached hydrogen (secondary N) is 2. The van der Waals surface area contributed by atoms with E-state index in [2.05, 4.69) is 49.1 Å². The van der Waals surface area contributed by atoms with E-state index < -0.39 is 75.8 Å². The third-order valence-electron chi connectivity index (χ3n) is 21.0. The molecule has 3 heterocycles. The first-order valence-electron chi connectivity index (χ1n) is 24.9. The molecule has 15 heteroatoms. The highest BCUT2D eigenvalue weighted by Gasteiger charge is 2.76. The predicted molar refractivity (Wildman–Crippen MR) is 238 cm³/mol. The quantitative estimate of drug-likeness (QED) is 0.106. The van der Waals surface area contributed by atoms with Gasteiger partial charge in [-0.2, -0.15) is 0 Å². The fourth-order valence-corrected chi connectivity index (χ4v) is 17.7. The number of aliphatic hydroxyl groups is 6. The van der Waals surface area contributed by atoms with Crippen molar-refractivity contribution in [2.75, 3.05) is 26.4 Å². The van der Waals surface area contributed by atoms with E-state index in [4.69, 9.17) is 15.2 Å². The van der Waals surface area contributed by atoms with E-state index in [-0.39, 0.29) is 85.0 Å². The number of aromatic amines is 1. The van der Waals surface area contributed by atoms with Crippen molar-refractivity contribution in [3.63, 3.8) is 0 Å². The summed E-state index contributed by atoms with van der Waals surface area (Å²) in [5.41, 5.74) is 4.46. The number of nitrogens with two attached hydrogens (primary N) is 1. The van der Waals surface area contributed by atoms with Gasteiger partial charge in [-0.25, -0.2) is 4.98 Å². The molecule has 2 saturated heterocycles. The smallest absolute Gasteiger partial charge is 0.310 e. The summed E-state index contributed by atoms with van der Waals surface area (Å²) in [4.78, 5) is 35.2. The molecule has 9 rings (SSSR count). The number of imidazole rings is 1. The highest BCUT2D eigenvalue weighted by molar-refractivity contribution is 5.79. The lowest BCUT2D eigenvalue weighted by atomic mass is 9.30. The maximum Gasteiger partial charge on any atom is 0.310 e. The Morgan fingerprint density at radius 3 is 2.42 bits per heavy atom. The number of hydrogen-bond donors (Lipinski definition) is 10. The Labute approximate surface area is 383 Å². The van der Waals surface area contributed by atoms with Crippen molar-refractivity contribution in [2.45, 2.75) is 167 Å². The van der Waals surface area contributed by atoms with Crippen molar-refractivity contribution in [3.8, 4) is 0 Å². The number of carbonyl (C=O) groups is 2. The summed E-state index contributed by atoms with van der Waals surface area (Å²) in [7, 11) is 0. The number of aliphatic carboxylic acids is 1. The second-order valence-corrected chi connectivity index (χ2v) is 23.7. The van der Waals surface area contributed by atoms with Crippen molar-refractivity contribution in [2.24, 2.45) is 79.6 Å². The highest BCUT2D eigenvalue weighted by Crippen LogP contribution is 2.79. The van der Waals surface area contributed by atoms with Crippen LogP contribution in [-0.4, -0.2) is 127 Å². The molecule has 1 aromatic heterocycles. The normalized spacial score (nSPS) is 50.8. The number of amides is 1. The molecule has 0 unspecified atom stereocenters. The van der Waals surface area contributed by atoms with Gasteiger partial charge in [-0.1, -0.05) is 52.7 Å². The number of ether oxygens (including phenoxy) is 2. The molecule has 6 aliphatic carbocycles. The van der Waals surface area contributed by atoms with Gasteiger partial charge in [0.1, 0.15) is 18.3 Å². The first-order chi connectivity index (χ1) is 30.8. The van der Waals surface area contributed by atoms with Crippen LogP contribution in [0.5, 0.6) is 0 Å². The third kappa shape index (κ3) is 6.84. The van der Waals surface area contributed by atoms with E-state index in [1.165, 1.54) is 5.57 Å². The average Bonchev–Trinajstić information content (AvgIpc) is 3.89. The van der Waals surface area contributed by atoms with Crippen molar-refractivity contribution in [1.29, 1.82) is 0 Å². The van der Waals surface area contributed by atoms with Gasteiger partial charge in [-0.3, -0.25) is 9.59 Å². The van der Waals surface area contributed by atoms with Crippen molar-refractivity contribution < 1.29 is 54.8 Å². The number of allylic oxidation sites excluding steroid dienone is 2. The topological polar surface area (TPSA) is 261 Å². The van der Waals surface area contributed by atoms with Crippen molar-refractivity contribution in [3.05, 3.63) is 29.9 Å². The van der Waals surface area contributed by atoms with Gasteiger partial charge in [-0.15, -0.1) is 0 Å². The van der Waals surface area contributed by atoms with Crippen LogP contribution in [0.3, 0.4) is 0 Å². The number of rotatable bonds is 12. The molecule has 21 atom stereocenters. The van der Waals surface area contributed by atoms with Gasteiger partial charge in [0.2, 0.25) is 5.91 Å². The average molecular weight is 911 g/mol. The van der Waals surface area contributed by atoms with Gasteiger partial charge >= 0.3 is 5.97 Å². The molecule has 0 spiro atoms. The molecule has 1 amide bonds. The van der Waals surface area contributed by atoms with E-state index in [0.717, 1.165) is 44.2 Å². The summed E-state index contributed by atoms with van der Waals surface area (Å²) < 4.78 is 12.5. The van der Waals surface area contributed by atoms with Crippen LogP contribution < -0.4 is 11.1 Å². The van der Waals surface area contributed by atoms with Crippen LogP contribution in [0.1, 0.15) is 130 Å². The molecule has 11 N–H and O–H groups in total. The van der Waals surface area contributed by atoms with E-state index >= 15 is 0 Å². The first kappa shape index (κ1) is 47.6. The molecule has 2 aliphatic heterocycles. The zero-order valence-corrected chi connectivity index (χ0v) is 39.2. The summed E-state index contributed by atoms with van der Waals surface area (Å²) in [6.07, 6.45) is 6.64. The molecular formula is C50H78N4O11. The summed E-state index contributed by atoms with van der Waals surface area (Å²) in [5.74, 6) is -1.95. The number of carbonyl (C=O) groups excluding carboxylic acids is 1. The molecule has 364 valence electrons. The van der Waals surface area contributed by atoms with Gasteiger partial charge in [0, 0.05) is 42.3 Å². The molecule has 8 aliphatic rings. The Morgan fingerprint density at radius 1 is 0.985 bits per heavy atom. The molecule has 0 aromatic carbocycles. The number of hydrogen-bond acceptors (Lipinski definition) is 12. The predicted octanol–water partition coefficient (Wildman–Crippen LogP) is 3.62. The van der Waals surface area contributed by atoms with Gasteiger partial charge < -0.3 is 61.3 Å². The zero-order valence-electron chi connectivity index (χ0n) is 39.2. The molecule has 65 heavy (non-hydrogen) atoms. The van der Waals surface area contributed by atoms with E-state index in [1.54, 1.807) is 12.5 Å². The summed E-state index contributed by atoms with van der Waals surface area (Å²) in [5, 5.41) is 83.0. The number of fused-ring (bicyclic) bond motifs is 8. The first-order valence-corrected chi connectivity index (χ1v) is 24.9. The second-order valence-electron chi connectivity index (χ2n) is 23.7. The van der Waals surface area contributed by atoms with E-state index in [0.29, 0.717) is 45.1 Å². The molecule has 0 radical (unpaired) electrons. The van der Waals surface area contributed by atoms with Crippen LogP contribution in [0.25, 0.3) is 0 Å². The number of carboxylic acid groups (broad SMARTS) is 1. The lowest BCUT2D eigenvalue weighted by molar-refractivity contribution is -0.341. The number of aliphatic hydroxyl groups excluding tert-OH is 6. The summed E-state index contributed by atoms with van der Waals surface area (Å²) in [6.45, 7) is 11.1. The summed E-state index contributed by atoms with van der Waals surface area (Å²) in [6, 6.07) is -0.284. The lowest BCUT2D eigenvalue weighted by Gasteiger charge is -2.75. The second kappa shape index (κ2) is 16.9. The molecule has 2 bridgehead atoms. The van der Waals surface area contributed by atoms with Crippen molar-refractivity contribution >= 4 is 11.9 Å². The molecule has 7 fully saturated rings. The standard InChI is InChI=1S/C50H78N4O11/c1-45(23-55)18-28-9-6-8-27-19-50(28,44(62)63)32(20-45)30-11-12-36-47(3,49(27,30)5)14-13-35-46(2,24-56)42(65-43-41(61)40(60)34(57)22-64-43)39(59)31(48(35,36)4)16-26-17-37(58)54-38(26)29(10-7-15-51)33-21-52-25-53-33/h11,21,25-29,31-32,34-36,38-43,55-57,59-61H,6-10,12-20,22-24,51H2,1-5H3,(H,52,53)(H,54,58)(H,62,63)/t26-,27-,28-,29+,31-,32-,34+,35+,36-,38-,39+,40-,41+,42+,43-,45-,46-,47+,48-,49+,50+/m0/s1. The van der Waals surface area contributed by atoms with Gasteiger partial charge in [0.05, 0.1) is 37.2 Å². The van der Waals surface area contributed by atoms with Crippen LogP contribution in [0, 0.1) is 73.9 Å². The van der Waals surface area contributed by atoms with Crippen LogP contribution in [0.2, 0.25) is 0 Å². The fourth-order valence-electron chi connectivity index (χ4n) is 17.7. The Bertz CT molecular complexity index is 1970. The van der Waals surface area contributed by atoms with Crippen LogP contribution >= 0.6 is 0 Å². The maximum atomic E-state index is 13.9. The number of H-pyrrole nitrogens is 1. The maximum absolute atomic E-state index is 13.9. The Kier molecular flexibility index (Phi) is 12.4. The monoisotopic (exact) mass is 911 g/mol. The van der Waals surface area contributed by atoms with Gasteiger partial charge in [-0.05, 0) is 140 Å². The Balaban J connectivity index is 1.18. The zero-order chi connectivity index (χ0) is 46.6.